The Balaban J connectivity index is 1.20. The topological polar surface area (TPSA) is 67.9 Å². The first-order chi connectivity index (χ1) is 15.6. The van der Waals surface area contributed by atoms with Crippen molar-refractivity contribution in [3.63, 3.8) is 0 Å². The highest BCUT2D eigenvalue weighted by Gasteiger charge is 2.23. The first-order valence-corrected chi connectivity index (χ1v) is 11.5. The Morgan fingerprint density at radius 3 is 2.16 bits per heavy atom. The van der Waals surface area contributed by atoms with Gasteiger partial charge in [0, 0.05) is 63.2 Å². The van der Waals surface area contributed by atoms with Crippen molar-refractivity contribution >= 4 is 23.2 Å². The lowest BCUT2D eigenvalue weighted by atomic mass is 10.0. The van der Waals surface area contributed by atoms with E-state index in [2.05, 4.69) is 56.6 Å². The van der Waals surface area contributed by atoms with Gasteiger partial charge in [0.1, 0.15) is 0 Å². The average Bonchev–Trinajstić information content (AvgIpc) is 2.82. The fourth-order valence-corrected chi connectivity index (χ4v) is 4.34. The van der Waals surface area contributed by atoms with Crippen molar-refractivity contribution in [1.82, 2.24) is 15.1 Å². The molecule has 170 valence electrons. The number of likely N-dealkylation sites (tertiary alicyclic amines) is 1. The lowest BCUT2D eigenvalue weighted by Gasteiger charge is -2.34. The molecule has 32 heavy (non-hydrogen) atoms. The molecule has 2 aliphatic rings. The van der Waals surface area contributed by atoms with Crippen LogP contribution >= 0.6 is 0 Å². The number of hydrogen-bond donors (Lipinski definition) is 2. The van der Waals surface area contributed by atoms with Crippen LogP contribution in [0, 0.1) is 0 Å². The molecule has 0 bridgehead atoms. The maximum atomic E-state index is 12.4. The van der Waals surface area contributed by atoms with Gasteiger partial charge in [0.15, 0.2) is 0 Å². The van der Waals surface area contributed by atoms with Crippen molar-refractivity contribution in [3.05, 3.63) is 60.2 Å². The summed E-state index contributed by atoms with van der Waals surface area (Å²) in [6.07, 6.45) is 1.71. The summed E-state index contributed by atoms with van der Waals surface area (Å²) in [5.74, 6) is -1.17. The summed E-state index contributed by atoms with van der Waals surface area (Å²) >= 11 is 0. The quantitative estimate of drug-likeness (QED) is 0.705. The molecule has 2 amide bonds. The molecule has 2 aromatic carbocycles. The van der Waals surface area contributed by atoms with Gasteiger partial charge in [0.05, 0.1) is 0 Å². The van der Waals surface area contributed by atoms with Gasteiger partial charge in [0.25, 0.3) is 0 Å². The zero-order valence-corrected chi connectivity index (χ0v) is 18.8. The molecular weight excluding hydrogens is 402 g/mol. The van der Waals surface area contributed by atoms with Crippen LogP contribution in [0.1, 0.15) is 18.4 Å². The van der Waals surface area contributed by atoms with Crippen molar-refractivity contribution in [1.29, 1.82) is 0 Å². The van der Waals surface area contributed by atoms with E-state index in [0.29, 0.717) is 5.69 Å². The number of carbonyl (C=O) groups is 2. The van der Waals surface area contributed by atoms with Crippen LogP contribution in [0.25, 0.3) is 0 Å². The van der Waals surface area contributed by atoms with Gasteiger partial charge < -0.3 is 20.4 Å². The van der Waals surface area contributed by atoms with Crippen LogP contribution in [0.5, 0.6) is 0 Å². The first-order valence-electron chi connectivity index (χ1n) is 11.5. The minimum absolute atomic E-state index is 0.0416. The molecule has 0 aromatic heterocycles. The number of nitrogens with zero attached hydrogens (tertiary/aromatic N) is 3. The van der Waals surface area contributed by atoms with Crippen LogP contribution < -0.4 is 15.5 Å². The maximum Gasteiger partial charge on any atom is 0.313 e. The van der Waals surface area contributed by atoms with Crippen LogP contribution in [-0.2, 0) is 16.1 Å². The zero-order valence-electron chi connectivity index (χ0n) is 18.8. The molecule has 0 atom stereocenters. The normalized spacial score (nSPS) is 18.3. The summed E-state index contributed by atoms with van der Waals surface area (Å²) in [6.45, 7) is 6.83. The third kappa shape index (κ3) is 6.08. The molecule has 0 radical (unpaired) electrons. The molecule has 0 aliphatic carbocycles. The van der Waals surface area contributed by atoms with E-state index >= 15 is 0 Å². The van der Waals surface area contributed by atoms with Crippen LogP contribution in [0.2, 0.25) is 0 Å². The number of benzene rings is 2. The van der Waals surface area contributed by atoms with Gasteiger partial charge in [-0.2, -0.15) is 0 Å². The Morgan fingerprint density at radius 1 is 0.844 bits per heavy atom. The summed E-state index contributed by atoms with van der Waals surface area (Å²) in [7, 11) is 2.13. The van der Waals surface area contributed by atoms with Gasteiger partial charge >= 0.3 is 11.8 Å². The second-order valence-corrected chi connectivity index (χ2v) is 8.80. The van der Waals surface area contributed by atoms with Gasteiger partial charge in [-0.25, -0.2) is 0 Å². The van der Waals surface area contributed by atoms with E-state index in [1.807, 2.05) is 30.3 Å². The van der Waals surface area contributed by atoms with E-state index in [0.717, 1.165) is 64.3 Å². The van der Waals surface area contributed by atoms with Crippen LogP contribution in [0.3, 0.4) is 0 Å². The SMILES string of the molecule is CN1CCN(c2ccc(NC(=O)C(=O)NC3CCN(Cc4ccccc4)CC3)cc2)CC1. The second-order valence-electron chi connectivity index (χ2n) is 8.80. The molecule has 2 N–H and O–H groups in total. The second kappa shape index (κ2) is 10.6. The molecule has 2 heterocycles. The van der Waals surface area contributed by atoms with Crippen LogP contribution in [0.15, 0.2) is 54.6 Å². The molecule has 0 spiro atoms. The molecule has 4 rings (SSSR count). The standard InChI is InChI=1S/C25H33N5O2/c1-28-15-17-30(18-16-28)23-9-7-21(8-10-23)26-24(31)25(32)27-22-11-13-29(14-12-22)19-20-5-3-2-4-6-20/h2-10,22H,11-19H2,1H3,(H,26,31)(H,27,32). The predicted octanol–water partition coefficient (Wildman–Crippen LogP) is 2.16. The molecule has 0 saturated carbocycles. The number of carbonyl (C=O) groups excluding carboxylic acids is 2. The number of nitrogens with one attached hydrogen (secondary N) is 2. The van der Waals surface area contributed by atoms with Crippen molar-refractivity contribution in [2.75, 3.05) is 56.5 Å². The summed E-state index contributed by atoms with van der Waals surface area (Å²) in [5.41, 5.74) is 3.08. The maximum absolute atomic E-state index is 12.4. The molecule has 2 aliphatic heterocycles. The Kier molecular flexibility index (Phi) is 7.39. The minimum atomic E-state index is -0.607. The highest BCUT2D eigenvalue weighted by Crippen LogP contribution is 2.19. The molecule has 2 aromatic rings. The Morgan fingerprint density at radius 2 is 1.50 bits per heavy atom. The molecule has 7 nitrogen and oxygen atoms in total. The molecule has 0 unspecified atom stereocenters. The highest BCUT2D eigenvalue weighted by atomic mass is 16.2. The number of anilines is 2. The molecule has 2 fully saturated rings. The van der Waals surface area contributed by atoms with E-state index in [4.69, 9.17) is 0 Å². The third-order valence-corrected chi connectivity index (χ3v) is 6.37. The predicted molar refractivity (Wildman–Crippen MR) is 128 cm³/mol. The molecular formula is C25H33N5O2. The van der Waals surface area contributed by atoms with Crippen molar-refractivity contribution in [3.8, 4) is 0 Å². The van der Waals surface area contributed by atoms with E-state index in [1.54, 1.807) is 0 Å². The van der Waals surface area contributed by atoms with Gasteiger partial charge in [-0.1, -0.05) is 30.3 Å². The monoisotopic (exact) mass is 435 g/mol. The Labute approximate surface area is 190 Å². The summed E-state index contributed by atoms with van der Waals surface area (Å²) in [4.78, 5) is 31.8. The third-order valence-electron chi connectivity index (χ3n) is 6.37. The molecule has 7 heteroatoms. The van der Waals surface area contributed by atoms with Crippen LogP contribution in [-0.4, -0.2) is 74.0 Å². The zero-order chi connectivity index (χ0) is 22.3. The van der Waals surface area contributed by atoms with Gasteiger partial charge in [-0.15, -0.1) is 0 Å². The number of piperidine rings is 1. The number of rotatable bonds is 5. The van der Waals surface area contributed by atoms with Crippen molar-refractivity contribution in [2.24, 2.45) is 0 Å². The summed E-state index contributed by atoms with van der Waals surface area (Å²) < 4.78 is 0. The Bertz CT molecular complexity index is 886. The average molecular weight is 436 g/mol. The number of amides is 2. The number of likely N-dealkylation sites (N-methyl/N-ethyl adjacent to an activating group) is 1. The smallest absolute Gasteiger partial charge is 0.313 e. The van der Waals surface area contributed by atoms with E-state index < -0.39 is 11.8 Å². The van der Waals surface area contributed by atoms with E-state index in [-0.39, 0.29) is 6.04 Å². The minimum Gasteiger partial charge on any atom is -0.369 e. The largest absolute Gasteiger partial charge is 0.369 e. The lowest BCUT2D eigenvalue weighted by molar-refractivity contribution is -0.136. The van der Waals surface area contributed by atoms with Crippen molar-refractivity contribution < 1.29 is 9.59 Å². The van der Waals surface area contributed by atoms with Gasteiger partial charge in [-0.3, -0.25) is 14.5 Å². The Hall–Kier alpha value is -2.90. The molecule has 2 saturated heterocycles. The fraction of sp³-hybridized carbons (Fsp3) is 0.440. The van der Waals surface area contributed by atoms with Gasteiger partial charge in [-0.05, 0) is 49.7 Å². The van der Waals surface area contributed by atoms with Crippen LogP contribution in [0.4, 0.5) is 11.4 Å². The first kappa shape index (κ1) is 22.3. The fourth-order valence-electron chi connectivity index (χ4n) is 4.34. The summed E-state index contributed by atoms with van der Waals surface area (Å²) in [5, 5.41) is 5.62. The van der Waals surface area contributed by atoms with E-state index in [9.17, 15) is 9.59 Å². The van der Waals surface area contributed by atoms with Gasteiger partial charge in [0.2, 0.25) is 0 Å². The summed E-state index contributed by atoms with van der Waals surface area (Å²) in [6, 6.07) is 18.2. The van der Waals surface area contributed by atoms with E-state index in [1.165, 1.54) is 5.56 Å². The lowest BCUT2D eigenvalue weighted by Crippen LogP contribution is -2.47. The highest BCUT2D eigenvalue weighted by molar-refractivity contribution is 6.39. The number of hydrogen-bond acceptors (Lipinski definition) is 5. The van der Waals surface area contributed by atoms with Crippen molar-refractivity contribution in [2.45, 2.75) is 25.4 Å². The number of piperazine rings is 1.